The average molecular weight is 314 g/mol. The third-order valence-electron chi connectivity index (χ3n) is 2.53. The van der Waals surface area contributed by atoms with E-state index < -0.39 is 0 Å². The largest absolute Gasteiger partial charge is 0.375 e. The zero-order chi connectivity index (χ0) is 11.7. The molecule has 0 spiro atoms. The number of aromatic nitrogens is 2. The topological polar surface area (TPSA) is 54.7 Å². The summed E-state index contributed by atoms with van der Waals surface area (Å²) >= 11 is 1.51. The highest BCUT2D eigenvalue weighted by molar-refractivity contribution is 7.19. The Morgan fingerprint density at radius 3 is 2.37 bits per heavy atom. The van der Waals surface area contributed by atoms with E-state index in [1.54, 1.807) is 0 Å². The first kappa shape index (κ1) is 15.6. The van der Waals surface area contributed by atoms with Gasteiger partial charge in [-0.3, -0.25) is 0 Å². The molecule has 2 aromatic heterocycles. The number of aromatic amines is 1. The van der Waals surface area contributed by atoms with Crippen LogP contribution in [0.4, 0.5) is 5.13 Å². The number of nitrogens with two attached hydrogens (primary N) is 1. The lowest BCUT2D eigenvalue weighted by Crippen LogP contribution is -1.84. The van der Waals surface area contributed by atoms with Gasteiger partial charge in [0.25, 0.3) is 0 Å². The number of anilines is 1. The van der Waals surface area contributed by atoms with E-state index in [1.165, 1.54) is 11.3 Å². The molecular weight excluding hydrogens is 301 g/mol. The second-order valence-electron chi connectivity index (χ2n) is 3.68. The molecule has 0 saturated carbocycles. The molecule has 0 aliphatic rings. The first-order chi connectivity index (χ1) is 8.34. The van der Waals surface area contributed by atoms with Crippen molar-refractivity contribution in [3.63, 3.8) is 0 Å². The monoisotopic (exact) mass is 313 g/mol. The summed E-state index contributed by atoms with van der Waals surface area (Å²) in [5.74, 6) is 0. The number of H-pyrrole nitrogens is 1. The van der Waals surface area contributed by atoms with E-state index in [1.807, 2.05) is 36.5 Å². The van der Waals surface area contributed by atoms with Crippen LogP contribution in [0, 0.1) is 0 Å². The summed E-state index contributed by atoms with van der Waals surface area (Å²) < 4.78 is 0. The minimum absolute atomic E-state index is 0. The SMILES string of the molecule is Cl.Cl.Nc1nc(-c2ccc[nH]2)c(-c2ccccc2)s1. The lowest BCUT2D eigenvalue weighted by Gasteiger charge is -1.99. The molecule has 2 heterocycles. The Balaban J connectivity index is 0.000000902. The normalized spacial score (nSPS) is 9.47. The van der Waals surface area contributed by atoms with Gasteiger partial charge in [-0.15, -0.1) is 24.8 Å². The Morgan fingerprint density at radius 1 is 1.00 bits per heavy atom. The van der Waals surface area contributed by atoms with Crippen LogP contribution in [0.1, 0.15) is 0 Å². The minimum atomic E-state index is 0. The molecule has 3 N–H and O–H groups in total. The molecule has 6 heteroatoms. The van der Waals surface area contributed by atoms with Gasteiger partial charge in [-0.25, -0.2) is 4.98 Å². The van der Waals surface area contributed by atoms with Crippen molar-refractivity contribution in [1.29, 1.82) is 0 Å². The fourth-order valence-corrected chi connectivity index (χ4v) is 2.63. The number of hydrogen-bond donors (Lipinski definition) is 2. The van der Waals surface area contributed by atoms with Crippen molar-refractivity contribution in [2.45, 2.75) is 0 Å². The number of rotatable bonds is 2. The Labute approximate surface area is 127 Å². The fourth-order valence-electron chi connectivity index (χ4n) is 1.78. The molecule has 0 fully saturated rings. The van der Waals surface area contributed by atoms with Crippen LogP contribution >= 0.6 is 36.2 Å². The number of nitrogen functional groups attached to an aromatic ring is 1. The maximum atomic E-state index is 5.82. The van der Waals surface area contributed by atoms with Crippen molar-refractivity contribution >= 4 is 41.3 Å². The van der Waals surface area contributed by atoms with Crippen LogP contribution < -0.4 is 5.73 Å². The second-order valence-corrected chi connectivity index (χ2v) is 4.71. The van der Waals surface area contributed by atoms with Gasteiger partial charge < -0.3 is 10.7 Å². The average Bonchev–Trinajstić information content (AvgIpc) is 2.98. The molecule has 0 radical (unpaired) electrons. The van der Waals surface area contributed by atoms with Gasteiger partial charge in [0, 0.05) is 6.20 Å². The maximum absolute atomic E-state index is 5.82. The van der Waals surface area contributed by atoms with Crippen molar-refractivity contribution in [3.8, 4) is 21.8 Å². The molecular formula is C13H13Cl2N3S. The number of hydrogen-bond acceptors (Lipinski definition) is 3. The molecule has 0 saturated heterocycles. The van der Waals surface area contributed by atoms with E-state index in [-0.39, 0.29) is 24.8 Å². The number of nitrogens with one attached hydrogen (secondary N) is 1. The lowest BCUT2D eigenvalue weighted by molar-refractivity contribution is 1.33. The van der Waals surface area contributed by atoms with E-state index in [2.05, 4.69) is 22.1 Å². The summed E-state index contributed by atoms with van der Waals surface area (Å²) in [7, 11) is 0. The van der Waals surface area contributed by atoms with Gasteiger partial charge in [0.05, 0.1) is 10.6 Å². The van der Waals surface area contributed by atoms with Crippen LogP contribution in [0.5, 0.6) is 0 Å². The molecule has 1 aromatic carbocycles. The predicted molar refractivity (Wildman–Crippen MR) is 86.2 cm³/mol. The van der Waals surface area contributed by atoms with Gasteiger partial charge in [-0.2, -0.15) is 0 Å². The molecule has 0 aliphatic carbocycles. The van der Waals surface area contributed by atoms with Crippen LogP contribution in [0.25, 0.3) is 21.8 Å². The van der Waals surface area contributed by atoms with Gasteiger partial charge in [-0.1, -0.05) is 41.7 Å². The zero-order valence-electron chi connectivity index (χ0n) is 9.87. The van der Waals surface area contributed by atoms with Gasteiger partial charge in [0.15, 0.2) is 5.13 Å². The minimum Gasteiger partial charge on any atom is -0.375 e. The van der Waals surface area contributed by atoms with Crippen molar-refractivity contribution in [1.82, 2.24) is 9.97 Å². The van der Waals surface area contributed by atoms with Crippen LogP contribution in [0.15, 0.2) is 48.7 Å². The lowest BCUT2D eigenvalue weighted by atomic mass is 10.1. The Hall–Kier alpha value is -1.49. The van der Waals surface area contributed by atoms with Crippen molar-refractivity contribution in [2.24, 2.45) is 0 Å². The summed E-state index contributed by atoms with van der Waals surface area (Å²) in [6.07, 6.45) is 1.89. The molecule has 3 nitrogen and oxygen atoms in total. The second kappa shape index (κ2) is 6.61. The van der Waals surface area contributed by atoms with E-state index in [0.29, 0.717) is 5.13 Å². The van der Waals surface area contributed by atoms with E-state index >= 15 is 0 Å². The molecule has 0 bridgehead atoms. The Kier molecular flexibility index (Phi) is 5.42. The van der Waals surface area contributed by atoms with Crippen LogP contribution in [0.3, 0.4) is 0 Å². The molecule has 0 atom stereocenters. The third kappa shape index (κ3) is 3.10. The summed E-state index contributed by atoms with van der Waals surface area (Å²) in [4.78, 5) is 8.66. The van der Waals surface area contributed by atoms with Gasteiger partial charge in [0.1, 0.15) is 5.69 Å². The van der Waals surface area contributed by atoms with Crippen molar-refractivity contribution in [3.05, 3.63) is 48.7 Å². The van der Waals surface area contributed by atoms with Gasteiger partial charge in [0.2, 0.25) is 0 Å². The number of thiazole rings is 1. The van der Waals surface area contributed by atoms with E-state index in [9.17, 15) is 0 Å². The number of halogens is 2. The smallest absolute Gasteiger partial charge is 0.181 e. The van der Waals surface area contributed by atoms with Crippen molar-refractivity contribution < 1.29 is 0 Å². The Morgan fingerprint density at radius 2 is 1.74 bits per heavy atom. The van der Waals surface area contributed by atoms with Crippen molar-refractivity contribution in [2.75, 3.05) is 5.73 Å². The molecule has 3 rings (SSSR count). The zero-order valence-corrected chi connectivity index (χ0v) is 12.3. The highest BCUT2D eigenvalue weighted by atomic mass is 35.5. The van der Waals surface area contributed by atoms with Gasteiger partial charge >= 0.3 is 0 Å². The highest BCUT2D eigenvalue weighted by Crippen LogP contribution is 2.36. The van der Waals surface area contributed by atoms with E-state index in [4.69, 9.17) is 5.73 Å². The molecule has 0 amide bonds. The first-order valence-electron chi connectivity index (χ1n) is 5.30. The first-order valence-corrected chi connectivity index (χ1v) is 6.12. The molecule has 3 aromatic rings. The van der Waals surface area contributed by atoms with Crippen LogP contribution in [-0.2, 0) is 0 Å². The molecule has 19 heavy (non-hydrogen) atoms. The maximum Gasteiger partial charge on any atom is 0.181 e. The fraction of sp³-hybridized carbons (Fsp3) is 0. The van der Waals surface area contributed by atoms with E-state index in [0.717, 1.165) is 21.8 Å². The van der Waals surface area contributed by atoms with Gasteiger partial charge in [-0.05, 0) is 17.7 Å². The number of nitrogens with zero attached hydrogens (tertiary/aromatic N) is 1. The summed E-state index contributed by atoms with van der Waals surface area (Å²) in [5.41, 5.74) is 8.88. The quantitative estimate of drug-likeness (QED) is 0.743. The molecule has 100 valence electrons. The highest BCUT2D eigenvalue weighted by Gasteiger charge is 2.13. The van der Waals surface area contributed by atoms with Crippen LogP contribution in [-0.4, -0.2) is 9.97 Å². The molecule has 0 unspecified atom stereocenters. The summed E-state index contributed by atoms with van der Waals surface area (Å²) in [5, 5.41) is 0.591. The predicted octanol–water partition coefficient (Wildman–Crippen LogP) is 4.23. The third-order valence-corrected chi connectivity index (χ3v) is 3.47. The Bertz CT molecular complexity index is 621. The molecule has 0 aliphatic heterocycles. The standard InChI is InChI=1S/C13H11N3S.2ClH/c14-13-16-11(10-7-4-8-15-10)12(17-13)9-5-2-1-3-6-9;;/h1-8,15H,(H2,14,16);2*1H. The summed E-state index contributed by atoms with van der Waals surface area (Å²) in [6, 6.07) is 14.1. The number of benzene rings is 1. The van der Waals surface area contributed by atoms with Crippen LogP contribution in [0.2, 0.25) is 0 Å². The summed E-state index contributed by atoms with van der Waals surface area (Å²) in [6.45, 7) is 0.